The third kappa shape index (κ3) is 4.28. The van der Waals surface area contributed by atoms with Crippen LogP contribution in [0.1, 0.15) is 23.5 Å². The van der Waals surface area contributed by atoms with Crippen molar-refractivity contribution in [3.8, 4) is 11.3 Å². The minimum Gasteiger partial charge on any atom is -0.459 e. The zero-order valence-corrected chi connectivity index (χ0v) is 18.1. The van der Waals surface area contributed by atoms with Crippen LogP contribution in [0.2, 0.25) is 0 Å². The van der Waals surface area contributed by atoms with Gasteiger partial charge in [-0.05, 0) is 56.6 Å². The number of rotatable bonds is 7. The number of hydrogen-bond donors (Lipinski definition) is 1. The summed E-state index contributed by atoms with van der Waals surface area (Å²) < 4.78 is 6.19. The number of nitro benzene ring substituents is 1. The lowest BCUT2D eigenvalue weighted by Crippen LogP contribution is -2.35. The number of nitrogens with one attached hydrogen (secondary N) is 1. The fourth-order valence-corrected chi connectivity index (χ4v) is 4.09. The Hall–Kier alpha value is -3.30. The van der Waals surface area contributed by atoms with Crippen molar-refractivity contribution in [2.75, 3.05) is 27.2 Å². The first kappa shape index (κ1) is 21.0. The zero-order valence-electron chi connectivity index (χ0n) is 17.3. The molecule has 3 aromatic rings. The molecule has 2 atom stereocenters. The van der Waals surface area contributed by atoms with E-state index in [-0.39, 0.29) is 17.8 Å². The lowest BCUT2D eigenvalue weighted by molar-refractivity contribution is -0.384. The number of pyridine rings is 1. The van der Waals surface area contributed by atoms with Crippen LogP contribution < -0.4 is 5.32 Å². The topological polar surface area (TPSA) is 87.7 Å². The number of benzene rings is 1. The van der Waals surface area contributed by atoms with Gasteiger partial charge in [-0.25, -0.2) is 0 Å². The zero-order chi connectivity index (χ0) is 22.0. The number of hydrogen-bond acceptors (Lipinski definition) is 6. The number of nitro groups is 1. The van der Waals surface area contributed by atoms with E-state index in [1.807, 2.05) is 38.4 Å². The van der Waals surface area contributed by atoms with E-state index in [2.05, 4.69) is 20.1 Å². The molecule has 1 saturated heterocycles. The summed E-state index contributed by atoms with van der Waals surface area (Å²) in [6.45, 7) is 1.51. The van der Waals surface area contributed by atoms with Crippen LogP contribution in [0, 0.1) is 10.1 Å². The maximum Gasteiger partial charge on any atom is 0.280 e. The molecular weight excluding hydrogens is 414 g/mol. The minimum atomic E-state index is -0.399. The summed E-state index contributed by atoms with van der Waals surface area (Å²) in [6.07, 6.45) is 1.75. The van der Waals surface area contributed by atoms with Crippen LogP contribution in [0.25, 0.3) is 11.3 Å². The first-order valence-corrected chi connectivity index (χ1v) is 10.3. The smallest absolute Gasteiger partial charge is 0.280 e. The first-order valence-electron chi connectivity index (χ1n) is 9.92. The molecular formula is C22H23N5O3S. The van der Waals surface area contributed by atoms with E-state index in [0.717, 1.165) is 12.2 Å². The Kier molecular flexibility index (Phi) is 5.97. The lowest BCUT2D eigenvalue weighted by atomic mass is 10.0. The molecule has 31 heavy (non-hydrogen) atoms. The molecule has 1 fully saturated rings. The monoisotopic (exact) mass is 437 g/mol. The van der Waals surface area contributed by atoms with E-state index in [4.69, 9.17) is 16.6 Å². The Balaban J connectivity index is 1.73. The molecule has 3 heterocycles. The Labute approximate surface area is 185 Å². The number of likely N-dealkylation sites (N-methyl/N-ethyl adjacent to an activating group) is 1. The molecule has 0 saturated carbocycles. The van der Waals surface area contributed by atoms with Crippen LogP contribution in [0.15, 0.2) is 65.2 Å². The van der Waals surface area contributed by atoms with Gasteiger partial charge in [-0.3, -0.25) is 15.1 Å². The van der Waals surface area contributed by atoms with Gasteiger partial charge in [0.25, 0.3) is 5.69 Å². The average Bonchev–Trinajstić information content (AvgIpc) is 3.37. The molecule has 8 nitrogen and oxygen atoms in total. The summed E-state index contributed by atoms with van der Waals surface area (Å²) in [4.78, 5) is 19.8. The molecule has 4 rings (SSSR count). The van der Waals surface area contributed by atoms with Crippen molar-refractivity contribution >= 4 is 23.0 Å². The Morgan fingerprint density at radius 2 is 1.97 bits per heavy atom. The molecule has 1 aliphatic heterocycles. The maximum absolute atomic E-state index is 11.5. The Bertz CT molecular complexity index is 1090. The summed E-state index contributed by atoms with van der Waals surface area (Å²) in [5.41, 5.74) is 1.31. The third-order valence-electron chi connectivity index (χ3n) is 5.27. The highest BCUT2D eigenvalue weighted by molar-refractivity contribution is 7.80. The van der Waals surface area contributed by atoms with E-state index in [0.29, 0.717) is 28.7 Å². The molecule has 0 radical (unpaired) electrons. The van der Waals surface area contributed by atoms with E-state index < -0.39 is 4.92 Å². The van der Waals surface area contributed by atoms with Crippen molar-refractivity contribution in [1.29, 1.82) is 0 Å². The second kappa shape index (κ2) is 8.83. The van der Waals surface area contributed by atoms with Crippen LogP contribution in [0.3, 0.4) is 0 Å². The number of para-hydroxylation sites is 1. The van der Waals surface area contributed by atoms with Gasteiger partial charge in [0.05, 0.1) is 22.2 Å². The molecule has 0 spiro atoms. The second-order valence-corrected chi connectivity index (χ2v) is 7.99. The van der Waals surface area contributed by atoms with E-state index >= 15 is 0 Å². The lowest BCUT2D eigenvalue weighted by Gasteiger charge is -2.27. The normalized spacial score (nSPS) is 18.4. The highest BCUT2D eigenvalue weighted by atomic mass is 32.1. The fourth-order valence-electron chi connectivity index (χ4n) is 3.76. The standard InChI is InChI=1S/C22H23N5O3S/c1-25(2)13-14-26-21(20(24-22(26)31)16-8-5-6-12-23-16)19-11-10-18(30-19)15-7-3-4-9-17(15)27(28)29/h3-12,20-21H,13-14H2,1-2H3,(H,24,31). The predicted octanol–water partition coefficient (Wildman–Crippen LogP) is 3.78. The molecule has 9 heteroatoms. The summed E-state index contributed by atoms with van der Waals surface area (Å²) in [7, 11) is 4.02. The van der Waals surface area contributed by atoms with E-state index in [9.17, 15) is 10.1 Å². The maximum atomic E-state index is 11.5. The van der Waals surface area contributed by atoms with Gasteiger partial charge in [-0.2, -0.15) is 0 Å². The van der Waals surface area contributed by atoms with Gasteiger partial charge in [0, 0.05) is 25.4 Å². The molecule has 1 aromatic carbocycles. The number of aromatic nitrogens is 1. The molecule has 160 valence electrons. The second-order valence-electron chi connectivity index (χ2n) is 7.60. The van der Waals surface area contributed by atoms with Crippen molar-refractivity contribution in [1.82, 2.24) is 20.1 Å². The van der Waals surface area contributed by atoms with Crippen LogP contribution in [-0.4, -0.2) is 52.0 Å². The summed E-state index contributed by atoms with van der Waals surface area (Å²) in [5.74, 6) is 1.13. The largest absolute Gasteiger partial charge is 0.459 e. The predicted molar refractivity (Wildman–Crippen MR) is 122 cm³/mol. The summed E-state index contributed by atoms with van der Waals surface area (Å²) >= 11 is 5.64. The van der Waals surface area contributed by atoms with Crippen LogP contribution >= 0.6 is 12.2 Å². The minimum absolute atomic E-state index is 0.00853. The van der Waals surface area contributed by atoms with Crippen LogP contribution in [-0.2, 0) is 0 Å². The number of nitrogens with zero attached hydrogens (tertiary/aromatic N) is 4. The third-order valence-corrected chi connectivity index (χ3v) is 5.62. The molecule has 1 N–H and O–H groups in total. The Morgan fingerprint density at radius 1 is 1.19 bits per heavy atom. The van der Waals surface area contributed by atoms with Crippen LogP contribution in [0.5, 0.6) is 0 Å². The molecule has 0 amide bonds. The Morgan fingerprint density at radius 3 is 2.68 bits per heavy atom. The van der Waals surface area contributed by atoms with Gasteiger partial charge in [0.15, 0.2) is 5.11 Å². The van der Waals surface area contributed by atoms with Crippen molar-refractivity contribution in [2.24, 2.45) is 0 Å². The number of furan rings is 1. The summed E-state index contributed by atoms with van der Waals surface area (Å²) in [5, 5.41) is 15.5. The highest BCUT2D eigenvalue weighted by Gasteiger charge is 2.41. The molecule has 0 bridgehead atoms. The molecule has 2 unspecified atom stereocenters. The van der Waals surface area contributed by atoms with Crippen molar-refractivity contribution in [3.05, 3.63) is 82.4 Å². The van der Waals surface area contributed by atoms with Crippen molar-refractivity contribution in [3.63, 3.8) is 0 Å². The van der Waals surface area contributed by atoms with E-state index in [1.54, 1.807) is 30.5 Å². The van der Waals surface area contributed by atoms with Gasteiger partial charge < -0.3 is 19.5 Å². The van der Waals surface area contributed by atoms with Gasteiger partial charge in [-0.1, -0.05) is 18.2 Å². The molecule has 1 aliphatic rings. The van der Waals surface area contributed by atoms with Crippen molar-refractivity contribution < 1.29 is 9.34 Å². The van der Waals surface area contributed by atoms with E-state index in [1.165, 1.54) is 6.07 Å². The average molecular weight is 438 g/mol. The SMILES string of the molecule is CN(C)CCN1C(=S)NC(c2ccccn2)C1c1ccc(-c2ccccc2[N+](=O)[O-])o1. The molecule has 0 aliphatic carbocycles. The van der Waals surface area contributed by atoms with Crippen LogP contribution in [0.4, 0.5) is 5.69 Å². The van der Waals surface area contributed by atoms with Gasteiger partial charge in [-0.15, -0.1) is 0 Å². The van der Waals surface area contributed by atoms with Gasteiger partial charge >= 0.3 is 0 Å². The summed E-state index contributed by atoms with van der Waals surface area (Å²) in [6, 6.07) is 15.6. The first-order chi connectivity index (χ1) is 15.0. The van der Waals surface area contributed by atoms with Crippen molar-refractivity contribution in [2.45, 2.75) is 12.1 Å². The van der Waals surface area contributed by atoms with Gasteiger partial charge in [0.1, 0.15) is 17.6 Å². The quantitative estimate of drug-likeness (QED) is 0.339. The fraction of sp³-hybridized carbons (Fsp3) is 0.273. The molecule has 2 aromatic heterocycles. The highest BCUT2D eigenvalue weighted by Crippen LogP contribution is 2.41. The van der Waals surface area contributed by atoms with Gasteiger partial charge in [0.2, 0.25) is 0 Å². The number of thiocarbonyl (C=S) groups is 1.